The molecular formula is C60H82O19. The van der Waals surface area contributed by atoms with Gasteiger partial charge in [0, 0.05) is 69.6 Å². The Labute approximate surface area is 461 Å². The second-order valence-corrected chi connectivity index (χ2v) is 28.0. The van der Waals surface area contributed by atoms with E-state index in [-0.39, 0.29) is 158 Å². The van der Waals surface area contributed by atoms with E-state index in [9.17, 15) is 15.0 Å². The summed E-state index contributed by atoms with van der Waals surface area (Å²) in [4.78, 5) is 14.5. The largest absolute Gasteiger partial charge is 0.459 e. The highest BCUT2D eigenvalue weighted by Gasteiger charge is 2.72. The minimum Gasteiger partial charge on any atom is -0.459 e. The van der Waals surface area contributed by atoms with Gasteiger partial charge in [-0.2, -0.15) is 0 Å². The van der Waals surface area contributed by atoms with Crippen LogP contribution < -0.4 is 0 Å². The van der Waals surface area contributed by atoms with Gasteiger partial charge in [0.1, 0.15) is 42.7 Å². The Bertz CT molecular complexity index is 2450. The van der Waals surface area contributed by atoms with E-state index in [1.807, 2.05) is 0 Å². The van der Waals surface area contributed by atoms with Crippen LogP contribution >= 0.6 is 0 Å². The summed E-state index contributed by atoms with van der Waals surface area (Å²) < 4.78 is 112. The average molecular weight is 1110 g/mol. The summed E-state index contributed by atoms with van der Waals surface area (Å²) in [7, 11) is 0. The van der Waals surface area contributed by atoms with Crippen molar-refractivity contribution in [2.24, 2.45) is 29.6 Å². The fourth-order valence-corrected chi connectivity index (χ4v) is 19.6. The monoisotopic (exact) mass is 1110 g/mol. The second-order valence-electron chi connectivity index (χ2n) is 28.0. The van der Waals surface area contributed by atoms with Gasteiger partial charge in [-0.25, -0.2) is 0 Å². The molecule has 3 spiro atoms. The molecule has 18 heterocycles. The number of aliphatic hydroxyl groups is 2. The third-order valence-electron chi connectivity index (χ3n) is 23.0. The van der Waals surface area contributed by atoms with E-state index in [0.717, 1.165) is 49.7 Å². The van der Waals surface area contributed by atoms with Crippen molar-refractivity contribution in [3.05, 3.63) is 24.3 Å². The molecular weight excluding hydrogens is 1020 g/mol. The Hall–Kier alpha value is -1.73. The van der Waals surface area contributed by atoms with Crippen LogP contribution in [0, 0.1) is 29.6 Å². The molecule has 13 bridgehead atoms. The molecule has 79 heavy (non-hydrogen) atoms. The number of rotatable bonds is 2. The summed E-state index contributed by atoms with van der Waals surface area (Å²) in [5, 5.41) is 20.0. The van der Waals surface area contributed by atoms with Crippen LogP contribution in [0.3, 0.4) is 0 Å². The van der Waals surface area contributed by atoms with Gasteiger partial charge in [-0.3, -0.25) is 4.79 Å². The van der Waals surface area contributed by atoms with Gasteiger partial charge in [0.05, 0.1) is 129 Å². The summed E-state index contributed by atoms with van der Waals surface area (Å²) in [6, 6.07) is 0. The molecule has 34 atom stereocenters. The van der Waals surface area contributed by atoms with Gasteiger partial charge in [0.15, 0.2) is 17.4 Å². The summed E-state index contributed by atoms with van der Waals surface area (Å²) in [5.41, 5.74) is 2.13. The fourth-order valence-electron chi connectivity index (χ4n) is 19.6. The minimum absolute atomic E-state index is 0.0326. The van der Waals surface area contributed by atoms with Crippen molar-refractivity contribution in [1.29, 1.82) is 0 Å². The number of hydrogen-bond acceptors (Lipinski definition) is 19. The highest BCUT2D eigenvalue weighted by Crippen LogP contribution is 2.61. The normalized spacial score (nSPS) is 60.7. The number of aliphatic hydroxyl groups excluding tert-OH is 2. The molecule has 2 N–H and O–H groups in total. The van der Waals surface area contributed by atoms with Gasteiger partial charge < -0.3 is 86.0 Å². The predicted molar refractivity (Wildman–Crippen MR) is 270 cm³/mol. The summed E-state index contributed by atoms with van der Waals surface area (Å²) >= 11 is 0. The Morgan fingerprint density at radius 3 is 2.06 bits per heavy atom. The summed E-state index contributed by atoms with van der Waals surface area (Å²) in [6.07, 6.45) is 2.66. The first-order chi connectivity index (χ1) is 38.2. The van der Waals surface area contributed by atoms with Crippen LogP contribution in [0.5, 0.6) is 0 Å². The van der Waals surface area contributed by atoms with Gasteiger partial charge in [0.25, 0.3) is 0 Å². The molecule has 18 saturated heterocycles. The molecule has 436 valence electrons. The molecule has 0 unspecified atom stereocenters. The number of hydrogen-bond donors (Lipinski definition) is 2. The zero-order valence-corrected chi connectivity index (χ0v) is 45.9. The van der Waals surface area contributed by atoms with Crippen LogP contribution in [0.1, 0.15) is 130 Å². The van der Waals surface area contributed by atoms with Gasteiger partial charge in [0.2, 0.25) is 0 Å². The molecule has 0 aromatic heterocycles. The van der Waals surface area contributed by atoms with Crippen LogP contribution in [0.2, 0.25) is 0 Å². The van der Waals surface area contributed by atoms with Crippen LogP contribution in [0.15, 0.2) is 24.3 Å². The number of carbonyl (C=O) groups is 1. The van der Waals surface area contributed by atoms with Crippen LogP contribution in [-0.4, -0.2) is 199 Å². The first-order valence-electron chi connectivity index (χ1n) is 31.0. The van der Waals surface area contributed by atoms with Gasteiger partial charge in [-0.05, 0) is 73.8 Å². The Morgan fingerprint density at radius 2 is 1.19 bits per heavy atom. The molecule has 18 rings (SSSR count). The van der Waals surface area contributed by atoms with E-state index in [1.165, 1.54) is 0 Å². The third kappa shape index (κ3) is 8.15. The quantitative estimate of drug-likeness (QED) is 0.288. The van der Waals surface area contributed by atoms with E-state index in [2.05, 4.69) is 27.4 Å². The van der Waals surface area contributed by atoms with E-state index < -0.39 is 66.2 Å². The van der Waals surface area contributed by atoms with Crippen LogP contribution in [0.25, 0.3) is 0 Å². The maximum atomic E-state index is 14.5. The van der Waals surface area contributed by atoms with Gasteiger partial charge in [-0.1, -0.05) is 33.9 Å². The standard InChI is InChI=1S/C60H82O19/c1-24-10-31-12-33-32-11-29(6-8-35(24)65-31)64-37(27(32)4)14-42-52(73-48(63)13-30-7-9-36-53(66-30)57-56-55(69-36)54-46(72-56)22-60(33,78-54)79-57)28(5)51-43(68-42)17-41-45(71-51)20-59(74-41)21-47-50(77-59)26(3)19-58(76-47)18-25(2)49-44(75-58)16-39-40(70-49)15-38(67-39)34(62)23-61/h25-26,28-47,49-57,61-62H,1,4,6-23H2,2-3,5H3/t25-,26-,28-,29-,30+,31+,32+,33-,34+,35-,36-,37+,38-,39-,40+,41+,42-,43-,44-,45+,46+,47-,49-,50-,51-,52+,53-,54-,55+,56+,57-,58+,59-,60+/m0/s1. The van der Waals surface area contributed by atoms with Gasteiger partial charge >= 0.3 is 5.97 Å². The molecule has 0 saturated carbocycles. The Kier molecular flexibility index (Phi) is 12.2. The van der Waals surface area contributed by atoms with E-state index in [4.69, 9.17) is 82.4 Å². The minimum atomic E-state index is -0.993. The molecule has 18 aliphatic rings. The van der Waals surface area contributed by atoms with Crippen molar-refractivity contribution >= 4 is 5.97 Å². The zero-order valence-electron chi connectivity index (χ0n) is 45.9. The lowest BCUT2D eigenvalue weighted by Gasteiger charge is -2.54. The van der Waals surface area contributed by atoms with Crippen molar-refractivity contribution in [1.82, 2.24) is 0 Å². The van der Waals surface area contributed by atoms with Crippen molar-refractivity contribution in [2.75, 3.05) is 6.61 Å². The SMILES string of the molecule is C=C1C[C@@H]2C[C@H]3[C@@H]4C[C@H](CC[C@@H]1O2)O[C@H](C[C@@H]1O[C@H]2C[C@H]5O[C@@]6(C[C@@H]7O[C@]8(C[C@H](C)[C@@H]9O[C@@H]%10C[C@@H]([C@H](O)CO)O[C@H]%10C[C@@H]9O8)C[C@H](C)[C@@H]7O6)C[C@H]5O[C@H]2[C@H](C)[C@H]1OC(=O)C[C@H]1CC[C@@H]2O[C@H]5[C@H]6O[C@@H]7C[C@]3(O[C@H]6[C@H]2O1)O[C@H]57)C4=C. The first kappa shape index (κ1) is 51.7. The third-order valence-corrected chi connectivity index (χ3v) is 23.0. The molecule has 0 aliphatic carbocycles. The zero-order chi connectivity index (χ0) is 53.2. The Balaban J connectivity index is 0.636. The average Bonchev–Trinajstić information content (AvgIpc) is 2.57. The lowest BCUT2D eigenvalue weighted by atomic mass is 9.69. The molecule has 0 aromatic rings. The van der Waals surface area contributed by atoms with Crippen molar-refractivity contribution in [3.63, 3.8) is 0 Å². The maximum absolute atomic E-state index is 14.5. The number of carbonyl (C=O) groups excluding carboxylic acids is 1. The Morgan fingerprint density at radius 1 is 0.494 bits per heavy atom. The van der Waals surface area contributed by atoms with Crippen LogP contribution in [-0.2, 0) is 80.6 Å². The highest BCUT2D eigenvalue weighted by molar-refractivity contribution is 5.70. The van der Waals surface area contributed by atoms with E-state index >= 15 is 0 Å². The van der Waals surface area contributed by atoms with Gasteiger partial charge in [-0.15, -0.1) is 0 Å². The number of ether oxygens (including phenoxy) is 16. The molecule has 18 fully saturated rings. The van der Waals surface area contributed by atoms with E-state index in [1.54, 1.807) is 0 Å². The highest BCUT2D eigenvalue weighted by atomic mass is 16.8. The summed E-state index contributed by atoms with van der Waals surface area (Å²) in [6.45, 7) is 15.7. The molecule has 0 amide bonds. The molecule has 19 heteroatoms. The molecule has 19 nitrogen and oxygen atoms in total. The van der Waals surface area contributed by atoms with E-state index in [0.29, 0.717) is 64.2 Å². The molecule has 0 radical (unpaired) electrons. The lowest BCUT2D eigenvalue weighted by molar-refractivity contribution is -0.369. The molecule has 18 aliphatic heterocycles. The first-order valence-corrected chi connectivity index (χ1v) is 31.0. The van der Waals surface area contributed by atoms with Crippen molar-refractivity contribution < 1.29 is 90.8 Å². The molecule has 0 aromatic carbocycles. The number of esters is 1. The predicted octanol–water partition coefficient (Wildman–Crippen LogP) is 4.55. The lowest BCUT2D eigenvalue weighted by Crippen LogP contribution is -2.63. The van der Waals surface area contributed by atoms with Crippen LogP contribution in [0.4, 0.5) is 0 Å². The second kappa shape index (κ2) is 18.6. The van der Waals surface area contributed by atoms with Crippen molar-refractivity contribution in [2.45, 2.75) is 306 Å². The number of fused-ring (bicyclic) bond motifs is 11. The van der Waals surface area contributed by atoms with Crippen molar-refractivity contribution in [3.8, 4) is 0 Å². The topological polar surface area (TPSA) is 205 Å². The maximum Gasteiger partial charge on any atom is 0.308 e. The summed E-state index contributed by atoms with van der Waals surface area (Å²) in [5.74, 6) is -3.14. The smallest absolute Gasteiger partial charge is 0.308 e. The fraction of sp³-hybridized carbons (Fsp3) is 0.917.